The average Bonchev–Trinajstić information content (AvgIpc) is 2.80. The summed E-state index contributed by atoms with van der Waals surface area (Å²) >= 11 is 0. The van der Waals surface area contributed by atoms with Gasteiger partial charge in [0, 0.05) is 0 Å². The lowest BCUT2D eigenvalue weighted by Crippen LogP contribution is -2.46. The van der Waals surface area contributed by atoms with Gasteiger partial charge in [-0.2, -0.15) is 0 Å². The minimum atomic E-state index is -1.03. The van der Waals surface area contributed by atoms with Gasteiger partial charge in [0.15, 0.2) is 0 Å². The number of carbonyl (C=O) groups is 2. The van der Waals surface area contributed by atoms with Crippen molar-refractivity contribution >= 4 is 12.0 Å². The molecule has 0 spiro atoms. The maximum Gasteiger partial charge on any atom is 0.326 e. The SMILES string of the molecule is CCCC[C@H](NC(=O)NC(C)c1ncc(C)o1)C(=O)O. The second kappa shape index (κ2) is 7.52. The van der Waals surface area contributed by atoms with Crippen LogP contribution in [0, 0.1) is 6.92 Å². The summed E-state index contributed by atoms with van der Waals surface area (Å²) in [4.78, 5) is 26.8. The summed E-state index contributed by atoms with van der Waals surface area (Å²) in [6.07, 6.45) is 3.59. The van der Waals surface area contributed by atoms with Crippen LogP contribution in [0.3, 0.4) is 0 Å². The Morgan fingerprint density at radius 1 is 1.45 bits per heavy atom. The van der Waals surface area contributed by atoms with Crippen molar-refractivity contribution in [3.05, 3.63) is 17.8 Å². The van der Waals surface area contributed by atoms with Gasteiger partial charge in [-0.3, -0.25) is 0 Å². The van der Waals surface area contributed by atoms with E-state index in [1.54, 1.807) is 20.0 Å². The molecule has 1 aromatic heterocycles. The van der Waals surface area contributed by atoms with Crippen LogP contribution in [0.15, 0.2) is 10.6 Å². The van der Waals surface area contributed by atoms with E-state index in [4.69, 9.17) is 9.52 Å². The van der Waals surface area contributed by atoms with Crippen LogP contribution in [0.1, 0.15) is 50.8 Å². The molecule has 0 aliphatic heterocycles. The molecular weight excluding hydrogens is 262 g/mol. The number of aliphatic carboxylic acids is 1. The lowest BCUT2D eigenvalue weighted by molar-refractivity contribution is -0.139. The first-order chi connectivity index (χ1) is 9.43. The lowest BCUT2D eigenvalue weighted by atomic mass is 10.1. The van der Waals surface area contributed by atoms with Crippen LogP contribution >= 0.6 is 0 Å². The van der Waals surface area contributed by atoms with E-state index in [-0.39, 0.29) is 0 Å². The van der Waals surface area contributed by atoms with Crippen LogP contribution in [0.4, 0.5) is 4.79 Å². The molecule has 1 unspecified atom stereocenters. The first kappa shape index (κ1) is 16.0. The van der Waals surface area contributed by atoms with E-state index in [0.29, 0.717) is 18.1 Å². The molecule has 1 rings (SSSR count). The Kier molecular flexibility index (Phi) is 6.02. The number of oxazole rings is 1. The first-order valence-electron chi connectivity index (χ1n) is 6.66. The Labute approximate surface area is 117 Å². The molecule has 20 heavy (non-hydrogen) atoms. The number of aryl methyl sites for hydroxylation is 1. The van der Waals surface area contributed by atoms with Gasteiger partial charge in [-0.15, -0.1) is 0 Å². The fourth-order valence-corrected chi connectivity index (χ4v) is 1.70. The number of nitrogens with one attached hydrogen (secondary N) is 2. The summed E-state index contributed by atoms with van der Waals surface area (Å²) in [5.74, 6) is 0.00622. The van der Waals surface area contributed by atoms with Crippen LogP contribution in [-0.2, 0) is 4.79 Å². The molecule has 1 heterocycles. The highest BCUT2D eigenvalue weighted by molar-refractivity contribution is 5.82. The van der Waals surface area contributed by atoms with E-state index in [1.165, 1.54) is 0 Å². The molecule has 7 nitrogen and oxygen atoms in total. The number of unbranched alkanes of at least 4 members (excludes halogenated alkanes) is 1. The van der Waals surface area contributed by atoms with Gasteiger partial charge >= 0.3 is 12.0 Å². The Bertz CT molecular complexity index is 458. The number of carboxylic acid groups (broad SMARTS) is 1. The molecule has 0 saturated carbocycles. The zero-order valence-electron chi connectivity index (χ0n) is 12.0. The van der Waals surface area contributed by atoms with E-state index < -0.39 is 24.1 Å². The van der Waals surface area contributed by atoms with Crippen molar-refractivity contribution in [2.75, 3.05) is 0 Å². The normalized spacial score (nSPS) is 13.6. The van der Waals surface area contributed by atoms with Gasteiger partial charge < -0.3 is 20.2 Å². The molecular formula is C13H21N3O4. The number of carboxylic acids is 1. The second-order valence-corrected chi connectivity index (χ2v) is 4.68. The molecule has 0 fully saturated rings. The maximum atomic E-state index is 11.8. The Morgan fingerprint density at radius 2 is 2.15 bits per heavy atom. The number of hydrogen-bond acceptors (Lipinski definition) is 4. The van der Waals surface area contributed by atoms with Crippen LogP contribution in [0.2, 0.25) is 0 Å². The third-order valence-corrected chi connectivity index (χ3v) is 2.81. The number of urea groups is 1. The Hall–Kier alpha value is -2.05. The van der Waals surface area contributed by atoms with Crippen LogP contribution < -0.4 is 10.6 Å². The van der Waals surface area contributed by atoms with Crippen molar-refractivity contribution in [3.8, 4) is 0 Å². The quantitative estimate of drug-likeness (QED) is 0.709. The van der Waals surface area contributed by atoms with Gasteiger partial charge in [-0.05, 0) is 20.3 Å². The van der Waals surface area contributed by atoms with Crippen molar-refractivity contribution in [2.24, 2.45) is 0 Å². The predicted molar refractivity (Wildman–Crippen MR) is 72.3 cm³/mol. The third-order valence-electron chi connectivity index (χ3n) is 2.81. The fourth-order valence-electron chi connectivity index (χ4n) is 1.70. The molecule has 0 radical (unpaired) electrons. The first-order valence-corrected chi connectivity index (χ1v) is 6.66. The van der Waals surface area contributed by atoms with Gasteiger partial charge in [0.1, 0.15) is 17.8 Å². The van der Waals surface area contributed by atoms with Crippen molar-refractivity contribution < 1.29 is 19.1 Å². The molecule has 2 amide bonds. The highest BCUT2D eigenvalue weighted by atomic mass is 16.4. The Balaban J connectivity index is 2.50. The smallest absolute Gasteiger partial charge is 0.326 e. The van der Waals surface area contributed by atoms with Crippen molar-refractivity contribution in [3.63, 3.8) is 0 Å². The van der Waals surface area contributed by atoms with E-state index in [1.807, 2.05) is 6.92 Å². The zero-order chi connectivity index (χ0) is 15.1. The largest absolute Gasteiger partial charge is 0.480 e. The van der Waals surface area contributed by atoms with Gasteiger partial charge in [0.25, 0.3) is 0 Å². The molecule has 3 N–H and O–H groups in total. The van der Waals surface area contributed by atoms with E-state index >= 15 is 0 Å². The van der Waals surface area contributed by atoms with E-state index in [2.05, 4.69) is 15.6 Å². The number of aromatic nitrogens is 1. The maximum absolute atomic E-state index is 11.8. The fraction of sp³-hybridized carbons (Fsp3) is 0.615. The monoisotopic (exact) mass is 283 g/mol. The number of rotatable bonds is 7. The van der Waals surface area contributed by atoms with Gasteiger partial charge in [0.05, 0.1) is 6.20 Å². The molecule has 112 valence electrons. The predicted octanol–water partition coefficient (Wildman–Crippen LogP) is 1.99. The summed E-state index contributed by atoms with van der Waals surface area (Å²) in [6.45, 7) is 5.44. The van der Waals surface area contributed by atoms with E-state index in [0.717, 1.165) is 12.8 Å². The number of carbonyl (C=O) groups excluding carboxylic acids is 1. The third kappa shape index (κ3) is 4.91. The van der Waals surface area contributed by atoms with E-state index in [9.17, 15) is 9.59 Å². The minimum Gasteiger partial charge on any atom is -0.480 e. The van der Waals surface area contributed by atoms with Crippen LogP contribution in [0.5, 0.6) is 0 Å². The van der Waals surface area contributed by atoms with Gasteiger partial charge in [0.2, 0.25) is 5.89 Å². The molecule has 0 saturated heterocycles. The summed E-state index contributed by atoms with van der Waals surface area (Å²) < 4.78 is 5.29. The molecule has 0 aliphatic carbocycles. The van der Waals surface area contributed by atoms with Crippen LogP contribution in [-0.4, -0.2) is 28.1 Å². The topological polar surface area (TPSA) is 104 Å². The zero-order valence-corrected chi connectivity index (χ0v) is 12.0. The Morgan fingerprint density at radius 3 is 2.65 bits per heavy atom. The number of nitrogens with zero attached hydrogens (tertiary/aromatic N) is 1. The summed E-state index contributed by atoms with van der Waals surface area (Å²) in [5, 5.41) is 14.1. The molecule has 1 aromatic rings. The van der Waals surface area contributed by atoms with Crippen molar-refractivity contribution in [1.82, 2.24) is 15.6 Å². The minimum absolute atomic E-state index is 0.387. The molecule has 0 aliphatic rings. The summed E-state index contributed by atoms with van der Waals surface area (Å²) in [7, 11) is 0. The second-order valence-electron chi connectivity index (χ2n) is 4.68. The molecule has 7 heteroatoms. The summed E-state index contributed by atoms with van der Waals surface area (Å²) in [6, 6.07) is -1.85. The van der Waals surface area contributed by atoms with Gasteiger partial charge in [-0.25, -0.2) is 14.6 Å². The molecule has 0 bridgehead atoms. The van der Waals surface area contributed by atoms with Crippen molar-refractivity contribution in [1.29, 1.82) is 0 Å². The van der Waals surface area contributed by atoms with Crippen LogP contribution in [0.25, 0.3) is 0 Å². The molecule has 2 atom stereocenters. The number of amides is 2. The summed E-state index contributed by atoms with van der Waals surface area (Å²) in [5.41, 5.74) is 0. The van der Waals surface area contributed by atoms with Gasteiger partial charge in [-0.1, -0.05) is 19.8 Å². The molecule has 0 aromatic carbocycles. The highest BCUT2D eigenvalue weighted by Gasteiger charge is 2.21. The number of hydrogen-bond donors (Lipinski definition) is 3. The lowest BCUT2D eigenvalue weighted by Gasteiger charge is -2.16. The highest BCUT2D eigenvalue weighted by Crippen LogP contribution is 2.11. The average molecular weight is 283 g/mol. The standard InChI is InChI=1S/C13H21N3O4/c1-4-5-6-10(12(17)18)16-13(19)15-9(3)11-14-7-8(2)20-11/h7,9-10H,4-6H2,1-3H3,(H,17,18)(H2,15,16,19)/t9?,10-/m0/s1. The van der Waals surface area contributed by atoms with Crippen molar-refractivity contribution in [2.45, 2.75) is 52.1 Å².